The topological polar surface area (TPSA) is 41.6 Å². The van der Waals surface area contributed by atoms with Crippen LogP contribution in [0.5, 0.6) is 0 Å². The first kappa shape index (κ1) is 9.93. The van der Waals surface area contributed by atoms with Gasteiger partial charge in [0.25, 0.3) is 0 Å². The van der Waals surface area contributed by atoms with Gasteiger partial charge in [-0.05, 0) is 25.2 Å². The number of carbonyl (C=O) groups is 1. The Morgan fingerprint density at radius 3 is 3.00 bits per heavy atom. The molecule has 1 saturated heterocycles. The molecule has 1 aliphatic heterocycles. The summed E-state index contributed by atoms with van der Waals surface area (Å²) in [6.07, 6.45) is 3.64. The molecule has 0 aromatic heterocycles. The number of hydrogen-bond donors (Lipinski definition) is 1. The van der Waals surface area contributed by atoms with Crippen LogP contribution in [0.3, 0.4) is 0 Å². The lowest BCUT2D eigenvalue weighted by Crippen LogP contribution is -2.28. The molecule has 1 heterocycles. The van der Waals surface area contributed by atoms with E-state index in [0.717, 1.165) is 32.1 Å². The first-order chi connectivity index (χ1) is 6.86. The molecule has 2 fully saturated rings. The van der Waals surface area contributed by atoms with E-state index < -0.39 is 0 Å². The van der Waals surface area contributed by atoms with Crippen LogP contribution in [0.4, 0.5) is 0 Å². The zero-order valence-corrected chi connectivity index (χ0v) is 8.50. The van der Waals surface area contributed by atoms with Gasteiger partial charge in [0.1, 0.15) is 0 Å². The normalized spacial score (nSPS) is 22.0. The van der Waals surface area contributed by atoms with Crippen LogP contribution in [0, 0.1) is 5.92 Å². The highest BCUT2D eigenvalue weighted by Crippen LogP contribution is 2.28. The van der Waals surface area contributed by atoms with E-state index in [1.807, 2.05) is 4.90 Å². The number of nitrogens with one attached hydrogen (secondary N) is 1. The molecule has 0 radical (unpaired) electrons. The fraction of sp³-hybridized carbons (Fsp3) is 0.900. The zero-order chi connectivity index (χ0) is 9.80. The molecule has 1 amide bonds. The van der Waals surface area contributed by atoms with Crippen LogP contribution in [-0.2, 0) is 9.53 Å². The number of ether oxygens (including phenoxy) is 1. The van der Waals surface area contributed by atoms with Crippen molar-refractivity contribution < 1.29 is 9.53 Å². The second kappa shape index (κ2) is 4.75. The third-order valence-corrected chi connectivity index (χ3v) is 2.70. The van der Waals surface area contributed by atoms with Crippen molar-refractivity contribution in [3.8, 4) is 0 Å². The third kappa shape index (κ3) is 2.96. The molecule has 0 aromatic carbocycles. The van der Waals surface area contributed by atoms with E-state index >= 15 is 0 Å². The summed E-state index contributed by atoms with van der Waals surface area (Å²) >= 11 is 0. The molecule has 4 nitrogen and oxygen atoms in total. The van der Waals surface area contributed by atoms with E-state index in [1.54, 1.807) is 0 Å². The lowest BCUT2D eigenvalue weighted by molar-refractivity contribution is -0.126. The highest BCUT2D eigenvalue weighted by molar-refractivity contribution is 5.79. The lowest BCUT2D eigenvalue weighted by atomic mass is 10.4. The van der Waals surface area contributed by atoms with Crippen LogP contribution < -0.4 is 5.32 Å². The highest BCUT2D eigenvalue weighted by Gasteiger charge is 2.21. The molecule has 14 heavy (non-hydrogen) atoms. The summed E-state index contributed by atoms with van der Waals surface area (Å²) < 4.78 is 5.49. The maximum atomic E-state index is 11.2. The number of carbonyl (C=O) groups excluding carboxylic acids is 1. The predicted octanol–water partition coefficient (Wildman–Crippen LogP) is 0.192. The molecule has 1 saturated carbocycles. The zero-order valence-electron chi connectivity index (χ0n) is 8.50. The Morgan fingerprint density at radius 2 is 2.36 bits per heavy atom. The molecule has 0 aromatic rings. The fourth-order valence-electron chi connectivity index (χ4n) is 1.59. The predicted molar refractivity (Wildman–Crippen MR) is 52.7 cm³/mol. The van der Waals surface area contributed by atoms with E-state index in [9.17, 15) is 4.79 Å². The minimum Gasteiger partial charge on any atom is -0.381 e. The van der Waals surface area contributed by atoms with Gasteiger partial charge in [-0.25, -0.2) is 0 Å². The average molecular weight is 198 g/mol. The van der Waals surface area contributed by atoms with Crippen LogP contribution in [0.1, 0.15) is 19.3 Å². The number of nitrogens with zero attached hydrogens (tertiary/aromatic N) is 1. The van der Waals surface area contributed by atoms with Gasteiger partial charge in [0, 0.05) is 19.8 Å². The van der Waals surface area contributed by atoms with Gasteiger partial charge < -0.3 is 9.64 Å². The SMILES string of the molecule is O=C1CNCN1CCCOCC1CC1. The molecule has 2 rings (SSSR count). The summed E-state index contributed by atoms with van der Waals surface area (Å²) in [4.78, 5) is 13.0. The largest absolute Gasteiger partial charge is 0.381 e. The monoisotopic (exact) mass is 198 g/mol. The summed E-state index contributed by atoms with van der Waals surface area (Å²) in [6, 6.07) is 0. The number of hydrogen-bond acceptors (Lipinski definition) is 3. The van der Waals surface area contributed by atoms with Crippen LogP contribution in [-0.4, -0.2) is 43.8 Å². The Labute approximate surface area is 84.6 Å². The first-order valence-electron chi connectivity index (χ1n) is 5.42. The molecule has 4 heteroatoms. The van der Waals surface area contributed by atoms with Crippen LogP contribution in [0.2, 0.25) is 0 Å². The Balaban J connectivity index is 1.47. The van der Waals surface area contributed by atoms with Gasteiger partial charge in [-0.15, -0.1) is 0 Å². The van der Waals surface area contributed by atoms with Gasteiger partial charge in [0.15, 0.2) is 0 Å². The molecule has 2 aliphatic rings. The second-order valence-corrected chi connectivity index (χ2v) is 4.11. The van der Waals surface area contributed by atoms with Gasteiger partial charge >= 0.3 is 0 Å². The van der Waals surface area contributed by atoms with Crippen molar-refractivity contribution in [2.45, 2.75) is 19.3 Å². The molecule has 1 N–H and O–H groups in total. The molecule has 0 spiro atoms. The molecule has 0 bridgehead atoms. The van der Waals surface area contributed by atoms with Crippen molar-refractivity contribution in [1.82, 2.24) is 10.2 Å². The van der Waals surface area contributed by atoms with Gasteiger partial charge in [0.2, 0.25) is 5.91 Å². The number of amides is 1. The van der Waals surface area contributed by atoms with E-state index in [-0.39, 0.29) is 5.91 Å². The smallest absolute Gasteiger partial charge is 0.237 e. The van der Waals surface area contributed by atoms with E-state index in [2.05, 4.69) is 5.32 Å². The third-order valence-electron chi connectivity index (χ3n) is 2.70. The molecule has 80 valence electrons. The van der Waals surface area contributed by atoms with Gasteiger partial charge in [0.05, 0.1) is 13.2 Å². The van der Waals surface area contributed by atoms with Gasteiger partial charge in [-0.1, -0.05) is 0 Å². The van der Waals surface area contributed by atoms with Crippen molar-refractivity contribution >= 4 is 5.91 Å². The highest BCUT2D eigenvalue weighted by atomic mass is 16.5. The quantitative estimate of drug-likeness (QED) is 0.620. The van der Waals surface area contributed by atoms with E-state index in [4.69, 9.17) is 4.74 Å². The Morgan fingerprint density at radius 1 is 1.50 bits per heavy atom. The standard InChI is InChI=1S/C10H18N2O2/c13-10-6-11-8-12(10)4-1-5-14-7-9-2-3-9/h9,11H,1-8H2. The summed E-state index contributed by atoms with van der Waals surface area (Å²) in [7, 11) is 0. The maximum absolute atomic E-state index is 11.2. The Hall–Kier alpha value is -0.610. The minimum atomic E-state index is 0.215. The average Bonchev–Trinajstić information content (AvgIpc) is 2.91. The van der Waals surface area contributed by atoms with Crippen LogP contribution >= 0.6 is 0 Å². The minimum absolute atomic E-state index is 0.215. The van der Waals surface area contributed by atoms with Gasteiger partial charge in [-0.3, -0.25) is 10.1 Å². The van der Waals surface area contributed by atoms with E-state index in [1.165, 1.54) is 12.8 Å². The summed E-state index contributed by atoms with van der Waals surface area (Å²) in [5.41, 5.74) is 0. The molecule has 1 aliphatic carbocycles. The Kier molecular flexibility index (Phi) is 3.37. The van der Waals surface area contributed by atoms with Gasteiger partial charge in [-0.2, -0.15) is 0 Å². The van der Waals surface area contributed by atoms with Crippen molar-refractivity contribution in [3.05, 3.63) is 0 Å². The molecule has 0 atom stereocenters. The summed E-state index contributed by atoms with van der Waals surface area (Å²) in [5, 5.41) is 3.03. The number of rotatable bonds is 6. The summed E-state index contributed by atoms with van der Waals surface area (Å²) in [6.45, 7) is 3.76. The molecular formula is C10H18N2O2. The molecule has 0 unspecified atom stereocenters. The van der Waals surface area contributed by atoms with Crippen LogP contribution in [0.25, 0.3) is 0 Å². The van der Waals surface area contributed by atoms with Crippen molar-refractivity contribution in [3.63, 3.8) is 0 Å². The van der Waals surface area contributed by atoms with E-state index in [0.29, 0.717) is 13.2 Å². The maximum Gasteiger partial charge on any atom is 0.237 e. The fourth-order valence-corrected chi connectivity index (χ4v) is 1.59. The van der Waals surface area contributed by atoms with Crippen molar-refractivity contribution in [1.29, 1.82) is 0 Å². The molecular weight excluding hydrogens is 180 g/mol. The summed E-state index contributed by atoms with van der Waals surface area (Å²) in [5.74, 6) is 1.05. The van der Waals surface area contributed by atoms with Crippen LogP contribution in [0.15, 0.2) is 0 Å². The van der Waals surface area contributed by atoms with Crippen molar-refractivity contribution in [2.75, 3.05) is 33.0 Å². The lowest BCUT2D eigenvalue weighted by Gasteiger charge is -2.13. The second-order valence-electron chi connectivity index (χ2n) is 4.11. The van der Waals surface area contributed by atoms with Crippen molar-refractivity contribution in [2.24, 2.45) is 5.92 Å². The first-order valence-corrected chi connectivity index (χ1v) is 5.42. The Bertz CT molecular complexity index is 204.